The minimum absolute atomic E-state index is 0.117. The molecule has 1 aliphatic heterocycles. The van der Waals surface area contributed by atoms with E-state index in [-0.39, 0.29) is 24.9 Å². The van der Waals surface area contributed by atoms with E-state index in [1.165, 1.54) is 17.9 Å². The first-order valence-corrected chi connectivity index (χ1v) is 6.01. The topological polar surface area (TPSA) is 69.6 Å². The van der Waals surface area contributed by atoms with Crippen LogP contribution in [0.15, 0.2) is 24.3 Å². The molecule has 6 heteroatoms. The van der Waals surface area contributed by atoms with Crippen molar-refractivity contribution in [2.45, 2.75) is 13.0 Å². The van der Waals surface area contributed by atoms with Crippen LogP contribution in [-0.2, 0) is 4.79 Å². The Labute approximate surface area is 110 Å². The molecule has 1 saturated heterocycles. The van der Waals surface area contributed by atoms with E-state index < -0.39 is 17.9 Å². The van der Waals surface area contributed by atoms with Gasteiger partial charge in [-0.1, -0.05) is 25.1 Å². The Balaban J connectivity index is 2.07. The standard InChI is InChI=1S/C13H15FN2O3/c1-8(12(17)18)6-16-7-11(15-13(16)19)9-4-2-3-5-10(9)14/h2-5,8,11H,6-7H2,1H3,(H,15,19)(H,17,18). The molecule has 1 heterocycles. The van der Waals surface area contributed by atoms with E-state index in [4.69, 9.17) is 5.11 Å². The van der Waals surface area contributed by atoms with Crippen molar-refractivity contribution in [2.24, 2.45) is 5.92 Å². The van der Waals surface area contributed by atoms with Crippen molar-refractivity contribution in [3.05, 3.63) is 35.6 Å². The van der Waals surface area contributed by atoms with E-state index in [9.17, 15) is 14.0 Å². The van der Waals surface area contributed by atoms with Gasteiger partial charge in [-0.15, -0.1) is 0 Å². The zero-order chi connectivity index (χ0) is 14.0. The van der Waals surface area contributed by atoms with Gasteiger partial charge in [0.15, 0.2) is 0 Å². The fraction of sp³-hybridized carbons (Fsp3) is 0.385. The lowest BCUT2D eigenvalue weighted by atomic mass is 10.1. The van der Waals surface area contributed by atoms with Crippen molar-refractivity contribution >= 4 is 12.0 Å². The van der Waals surface area contributed by atoms with E-state index in [0.717, 1.165) is 0 Å². The van der Waals surface area contributed by atoms with E-state index in [1.807, 2.05) is 0 Å². The minimum atomic E-state index is -0.956. The van der Waals surface area contributed by atoms with Gasteiger partial charge in [0.05, 0.1) is 12.0 Å². The number of rotatable bonds is 4. The second-order valence-corrected chi connectivity index (χ2v) is 4.67. The van der Waals surface area contributed by atoms with Gasteiger partial charge in [0.25, 0.3) is 0 Å². The maximum absolute atomic E-state index is 13.6. The van der Waals surface area contributed by atoms with Gasteiger partial charge in [0.1, 0.15) is 5.82 Å². The van der Waals surface area contributed by atoms with Crippen molar-refractivity contribution in [2.75, 3.05) is 13.1 Å². The summed E-state index contributed by atoms with van der Waals surface area (Å²) in [6.45, 7) is 1.93. The van der Waals surface area contributed by atoms with Gasteiger partial charge in [-0.3, -0.25) is 4.79 Å². The predicted molar refractivity (Wildman–Crippen MR) is 66.0 cm³/mol. The van der Waals surface area contributed by atoms with Gasteiger partial charge in [0, 0.05) is 18.7 Å². The molecule has 0 saturated carbocycles. The summed E-state index contributed by atoms with van der Waals surface area (Å²) in [6, 6.07) is 5.44. The molecule has 5 nitrogen and oxygen atoms in total. The molecule has 0 aliphatic carbocycles. The number of amides is 2. The Morgan fingerprint density at radius 2 is 2.26 bits per heavy atom. The lowest BCUT2D eigenvalue weighted by Crippen LogP contribution is -2.34. The van der Waals surface area contributed by atoms with E-state index in [0.29, 0.717) is 5.56 Å². The van der Waals surface area contributed by atoms with Crippen LogP contribution >= 0.6 is 0 Å². The van der Waals surface area contributed by atoms with Crippen LogP contribution in [0.3, 0.4) is 0 Å². The van der Waals surface area contributed by atoms with Gasteiger partial charge in [0.2, 0.25) is 0 Å². The van der Waals surface area contributed by atoms with Crippen molar-refractivity contribution in [3.8, 4) is 0 Å². The van der Waals surface area contributed by atoms with Crippen LogP contribution in [0.1, 0.15) is 18.5 Å². The molecule has 1 aliphatic rings. The summed E-state index contributed by atoms with van der Waals surface area (Å²) in [5.74, 6) is -1.98. The molecule has 1 aromatic rings. The van der Waals surface area contributed by atoms with Gasteiger partial charge >= 0.3 is 12.0 Å². The Hall–Kier alpha value is -2.11. The molecule has 0 radical (unpaired) electrons. The van der Waals surface area contributed by atoms with E-state index >= 15 is 0 Å². The molecule has 2 rings (SSSR count). The van der Waals surface area contributed by atoms with Crippen LogP contribution in [0.2, 0.25) is 0 Å². The second-order valence-electron chi connectivity index (χ2n) is 4.67. The molecule has 2 amide bonds. The van der Waals surface area contributed by atoms with Crippen LogP contribution < -0.4 is 5.32 Å². The highest BCUT2D eigenvalue weighted by Gasteiger charge is 2.32. The van der Waals surface area contributed by atoms with Crippen LogP contribution in [-0.4, -0.2) is 35.1 Å². The molecule has 0 aromatic heterocycles. The first-order valence-electron chi connectivity index (χ1n) is 6.01. The van der Waals surface area contributed by atoms with Crippen molar-refractivity contribution < 1.29 is 19.1 Å². The Morgan fingerprint density at radius 1 is 1.58 bits per heavy atom. The van der Waals surface area contributed by atoms with Gasteiger partial charge < -0.3 is 15.3 Å². The number of carbonyl (C=O) groups is 2. The number of hydrogen-bond donors (Lipinski definition) is 2. The van der Waals surface area contributed by atoms with Crippen LogP contribution in [0.25, 0.3) is 0 Å². The molecule has 2 atom stereocenters. The number of nitrogens with zero attached hydrogens (tertiary/aromatic N) is 1. The average molecular weight is 266 g/mol. The molecule has 2 unspecified atom stereocenters. The van der Waals surface area contributed by atoms with Crippen molar-refractivity contribution in [1.82, 2.24) is 10.2 Å². The highest BCUT2D eigenvalue weighted by molar-refractivity contribution is 5.78. The van der Waals surface area contributed by atoms with Gasteiger partial charge in [-0.25, -0.2) is 9.18 Å². The van der Waals surface area contributed by atoms with Crippen molar-refractivity contribution in [3.63, 3.8) is 0 Å². The predicted octanol–water partition coefficient (Wildman–Crippen LogP) is 1.61. The Bertz CT molecular complexity index is 506. The number of carbonyl (C=O) groups excluding carboxylic acids is 1. The fourth-order valence-corrected chi connectivity index (χ4v) is 2.09. The molecule has 102 valence electrons. The molecular formula is C13H15FN2O3. The van der Waals surface area contributed by atoms with Crippen LogP contribution in [0.5, 0.6) is 0 Å². The van der Waals surface area contributed by atoms with Crippen LogP contribution in [0.4, 0.5) is 9.18 Å². The zero-order valence-electron chi connectivity index (χ0n) is 10.5. The molecule has 0 spiro atoms. The smallest absolute Gasteiger partial charge is 0.318 e. The number of aliphatic carboxylic acids is 1. The highest BCUT2D eigenvalue weighted by atomic mass is 19.1. The SMILES string of the molecule is CC(CN1CC(c2ccccc2F)NC1=O)C(=O)O. The summed E-state index contributed by atoms with van der Waals surface area (Å²) in [6.07, 6.45) is 0. The number of nitrogens with one attached hydrogen (secondary N) is 1. The third-order valence-electron chi connectivity index (χ3n) is 3.18. The lowest BCUT2D eigenvalue weighted by Gasteiger charge is -2.17. The third-order valence-corrected chi connectivity index (χ3v) is 3.18. The first-order chi connectivity index (χ1) is 8.99. The molecule has 19 heavy (non-hydrogen) atoms. The molecule has 0 bridgehead atoms. The van der Waals surface area contributed by atoms with Crippen LogP contribution in [0, 0.1) is 11.7 Å². The highest BCUT2D eigenvalue weighted by Crippen LogP contribution is 2.23. The number of hydrogen-bond acceptors (Lipinski definition) is 2. The first kappa shape index (κ1) is 13.3. The summed E-state index contributed by atoms with van der Waals surface area (Å²) in [7, 11) is 0. The summed E-state index contributed by atoms with van der Waals surface area (Å²) in [4.78, 5) is 23.9. The normalized spacial score (nSPS) is 20.2. The molecule has 2 N–H and O–H groups in total. The van der Waals surface area contributed by atoms with E-state index in [1.54, 1.807) is 18.2 Å². The molecule has 1 fully saturated rings. The lowest BCUT2D eigenvalue weighted by molar-refractivity contribution is -0.141. The summed E-state index contributed by atoms with van der Waals surface area (Å²) < 4.78 is 13.6. The van der Waals surface area contributed by atoms with Gasteiger partial charge in [-0.05, 0) is 6.07 Å². The van der Waals surface area contributed by atoms with Crippen molar-refractivity contribution in [1.29, 1.82) is 0 Å². The largest absolute Gasteiger partial charge is 0.481 e. The maximum Gasteiger partial charge on any atom is 0.318 e. The maximum atomic E-state index is 13.6. The Morgan fingerprint density at radius 3 is 2.89 bits per heavy atom. The minimum Gasteiger partial charge on any atom is -0.481 e. The van der Waals surface area contributed by atoms with E-state index in [2.05, 4.69) is 5.32 Å². The van der Waals surface area contributed by atoms with Gasteiger partial charge in [-0.2, -0.15) is 0 Å². The zero-order valence-corrected chi connectivity index (χ0v) is 10.5. The summed E-state index contributed by atoms with van der Waals surface area (Å²) in [5.41, 5.74) is 0.418. The summed E-state index contributed by atoms with van der Waals surface area (Å²) >= 11 is 0. The molecular weight excluding hydrogens is 251 g/mol. The number of carboxylic acids is 1. The number of benzene rings is 1. The summed E-state index contributed by atoms with van der Waals surface area (Å²) in [5, 5.41) is 11.5. The number of halogens is 1. The number of carboxylic acid groups (broad SMARTS) is 1. The number of urea groups is 1. The monoisotopic (exact) mass is 266 g/mol. The average Bonchev–Trinajstić information content (AvgIpc) is 2.71. The second kappa shape index (κ2) is 5.26. The fourth-order valence-electron chi connectivity index (χ4n) is 2.09. The third kappa shape index (κ3) is 2.83. The quantitative estimate of drug-likeness (QED) is 0.870. The Kier molecular flexibility index (Phi) is 3.69. The molecule has 1 aromatic carbocycles.